The van der Waals surface area contributed by atoms with E-state index in [0.717, 1.165) is 47.0 Å². The largest absolute Gasteiger partial charge is 0.298 e. The molecule has 32 heavy (non-hydrogen) atoms. The summed E-state index contributed by atoms with van der Waals surface area (Å²) in [7, 11) is -3.59. The summed E-state index contributed by atoms with van der Waals surface area (Å²) in [6.07, 6.45) is 5.14. The van der Waals surface area contributed by atoms with Crippen molar-refractivity contribution in [3.05, 3.63) is 53.1 Å². The molecule has 2 aromatic carbocycles. The molecule has 1 fully saturated rings. The summed E-state index contributed by atoms with van der Waals surface area (Å²) in [5.41, 5.74) is 3.48. The number of anilines is 1. The van der Waals surface area contributed by atoms with E-state index in [2.05, 4.69) is 10.3 Å². The first-order valence-corrected chi connectivity index (χ1v) is 13.4. The van der Waals surface area contributed by atoms with E-state index in [-0.39, 0.29) is 16.8 Å². The monoisotopic (exact) mass is 471 g/mol. The van der Waals surface area contributed by atoms with E-state index in [1.54, 1.807) is 16.4 Å². The summed E-state index contributed by atoms with van der Waals surface area (Å²) in [6.45, 7) is 6.36. The zero-order chi connectivity index (χ0) is 22.9. The Hall–Kier alpha value is -2.29. The molecule has 0 aliphatic heterocycles. The third kappa shape index (κ3) is 4.44. The second kappa shape index (κ2) is 9.29. The summed E-state index contributed by atoms with van der Waals surface area (Å²) in [5, 5.41) is 3.39. The number of sulfonamides is 1. The lowest BCUT2D eigenvalue weighted by Crippen LogP contribution is -2.41. The van der Waals surface area contributed by atoms with E-state index in [9.17, 15) is 13.2 Å². The second-order valence-corrected chi connectivity index (χ2v) is 11.3. The number of nitrogens with one attached hydrogen (secondary N) is 1. The van der Waals surface area contributed by atoms with Crippen LogP contribution in [0, 0.1) is 13.8 Å². The van der Waals surface area contributed by atoms with Crippen molar-refractivity contribution in [2.75, 3.05) is 11.9 Å². The van der Waals surface area contributed by atoms with E-state index in [1.165, 1.54) is 29.9 Å². The fourth-order valence-corrected chi connectivity index (χ4v) is 7.09. The Morgan fingerprint density at radius 2 is 1.72 bits per heavy atom. The molecule has 6 nitrogen and oxygen atoms in total. The SMILES string of the molecule is CCN(C1CCCCC1)S(=O)(=O)c1ccc(C(=O)Nc2nc3c(C)ccc(C)c3s2)cc1. The van der Waals surface area contributed by atoms with Gasteiger partial charge in [-0.25, -0.2) is 13.4 Å². The molecule has 0 saturated heterocycles. The highest BCUT2D eigenvalue weighted by molar-refractivity contribution is 7.89. The van der Waals surface area contributed by atoms with Crippen LogP contribution in [0.3, 0.4) is 0 Å². The maximum atomic E-state index is 13.2. The molecule has 1 heterocycles. The van der Waals surface area contributed by atoms with Gasteiger partial charge in [0.05, 0.1) is 15.1 Å². The molecule has 0 atom stereocenters. The zero-order valence-electron chi connectivity index (χ0n) is 18.7. The maximum absolute atomic E-state index is 13.2. The van der Waals surface area contributed by atoms with Gasteiger partial charge < -0.3 is 0 Å². The smallest absolute Gasteiger partial charge is 0.257 e. The lowest BCUT2D eigenvalue weighted by molar-refractivity contribution is 0.102. The molecular formula is C24H29N3O3S2. The van der Waals surface area contributed by atoms with E-state index >= 15 is 0 Å². The lowest BCUT2D eigenvalue weighted by atomic mass is 9.95. The first kappa shape index (κ1) is 22.9. The number of benzene rings is 2. The van der Waals surface area contributed by atoms with Crippen LogP contribution in [-0.4, -0.2) is 36.2 Å². The molecule has 8 heteroatoms. The van der Waals surface area contributed by atoms with Gasteiger partial charge in [-0.2, -0.15) is 4.31 Å². The summed E-state index contributed by atoms with van der Waals surface area (Å²) in [6, 6.07) is 10.3. The van der Waals surface area contributed by atoms with Crippen LogP contribution in [0.25, 0.3) is 10.2 Å². The number of aromatic nitrogens is 1. The summed E-state index contributed by atoms with van der Waals surface area (Å²) < 4.78 is 29.1. The Morgan fingerprint density at radius 3 is 2.34 bits per heavy atom. The number of carbonyl (C=O) groups is 1. The maximum Gasteiger partial charge on any atom is 0.257 e. The number of amides is 1. The van der Waals surface area contributed by atoms with Crippen LogP contribution in [0.4, 0.5) is 5.13 Å². The molecule has 4 rings (SSSR count). The van der Waals surface area contributed by atoms with Crippen molar-refractivity contribution in [3.63, 3.8) is 0 Å². The number of fused-ring (bicyclic) bond motifs is 1. The Morgan fingerprint density at radius 1 is 1.06 bits per heavy atom. The minimum absolute atomic E-state index is 0.0627. The molecule has 1 aromatic heterocycles. The first-order chi connectivity index (χ1) is 15.3. The number of thiazole rings is 1. The van der Waals surface area contributed by atoms with Gasteiger partial charge in [-0.05, 0) is 62.1 Å². The molecule has 1 saturated carbocycles. The van der Waals surface area contributed by atoms with Crippen LogP contribution >= 0.6 is 11.3 Å². The van der Waals surface area contributed by atoms with Gasteiger partial charge in [0, 0.05) is 18.2 Å². The Bertz CT molecular complexity index is 1190. The van der Waals surface area contributed by atoms with E-state index in [0.29, 0.717) is 17.2 Å². The van der Waals surface area contributed by atoms with Crippen molar-refractivity contribution in [1.82, 2.24) is 9.29 Å². The van der Waals surface area contributed by atoms with E-state index < -0.39 is 10.0 Å². The molecule has 0 spiro atoms. The van der Waals surface area contributed by atoms with Crippen molar-refractivity contribution in [1.29, 1.82) is 0 Å². The fraction of sp³-hybridized carbons (Fsp3) is 0.417. The third-order valence-corrected chi connectivity index (χ3v) is 9.33. The highest BCUT2D eigenvalue weighted by atomic mass is 32.2. The van der Waals surface area contributed by atoms with Crippen molar-refractivity contribution in [2.24, 2.45) is 0 Å². The van der Waals surface area contributed by atoms with Crippen LogP contribution in [0.15, 0.2) is 41.3 Å². The predicted octanol–water partition coefficient (Wildman–Crippen LogP) is 5.51. The Labute approximate surface area is 193 Å². The first-order valence-electron chi connectivity index (χ1n) is 11.1. The topological polar surface area (TPSA) is 79.4 Å². The average Bonchev–Trinajstić information content (AvgIpc) is 3.22. The number of nitrogens with zero attached hydrogens (tertiary/aromatic N) is 2. The van der Waals surface area contributed by atoms with Crippen LogP contribution in [0.2, 0.25) is 0 Å². The number of aryl methyl sites for hydroxylation is 2. The number of rotatable bonds is 6. The molecule has 3 aromatic rings. The minimum Gasteiger partial charge on any atom is -0.298 e. The molecule has 170 valence electrons. The van der Waals surface area contributed by atoms with Crippen molar-refractivity contribution >= 4 is 42.6 Å². The minimum atomic E-state index is -3.59. The summed E-state index contributed by atoms with van der Waals surface area (Å²) >= 11 is 1.45. The molecule has 1 amide bonds. The molecule has 1 aliphatic rings. The van der Waals surface area contributed by atoms with Crippen LogP contribution in [0.1, 0.15) is 60.5 Å². The van der Waals surface area contributed by atoms with Gasteiger partial charge in [0.2, 0.25) is 10.0 Å². The number of hydrogen-bond acceptors (Lipinski definition) is 5. The quantitative estimate of drug-likeness (QED) is 0.514. The van der Waals surface area contributed by atoms with Crippen LogP contribution < -0.4 is 5.32 Å². The highest BCUT2D eigenvalue weighted by Crippen LogP contribution is 2.31. The van der Waals surface area contributed by atoms with Gasteiger partial charge in [-0.1, -0.05) is 49.7 Å². The van der Waals surface area contributed by atoms with Gasteiger partial charge in [-0.15, -0.1) is 0 Å². The van der Waals surface area contributed by atoms with E-state index in [1.807, 2.05) is 32.9 Å². The third-order valence-electron chi connectivity index (χ3n) is 6.18. The van der Waals surface area contributed by atoms with Gasteiger partial charge in [0.1, 0.15) is 0 Å². The van der Waals surface area contributed by atoms with Gasteiger partial charge in [0.25, 0.3) is 5.91 Å². The fourth-order valence-electron chi connectivity index (χ4n) is 4.39. The molecule has 0 unspecified atom stereocenters. The van der Waals surface area contributed by atoms with Crippen molar-refractivity contribution in [2.45, 2.75) is 63.8 Å². The molecule has 0 radical (unpaired) electrons. The van der Waals surface area contributed by atoms with Crippen molar-refractivity contribution < 1.29 is 13.2 Å². The zero-order valence-corrected chi connectivity index (χ0v) is 20.4. The molecular weight excluding hydrogens is 442 g/mol. The molecule has 0 bridgehead atoms. The Kier molecular flexibility index (Phi) is 6.65. The summed E-state index contributed by atoms with van der Waals surface area (Å²) in [4.78, 5) is 17.5. The summed E-state index contributed by atoms with van der Waals surface area (Å²) in [5.74, 6) is -0.303. The molecule has 1 N–H and O–H groups in total. The number of hydrogen-bond donors (Lipinski definition) is 1. The Balaban J connectivity index is 1.52. The van der Waals surface area contributed by atoms with Crippen molar-refractivity contribution in [3.8, 4) is 0 Å². The van der Waals surface area contributed by atoms with Gasteiger partial charge >= 0.3 is 0 Å². The average molecular weight is 472 g/mol. The lowest BCUT2D eigenvalue weighted by Gasteiger charge is -2.32. The normalized spacial score (nSPS) is 15.4. The highest BCUT2D eigenvalue weighted by Gasteiger charge is 2.31. The molecule has 1 aliphatic carbocycles. The van der Waals surface area contributed by atoms with Crippen LogP contribution in [-0.2, 0) is 10.0 Å². The number of carbonyl (C=O) groups excluding carboxylic acids is 1. The second-order valence-electron chi connectivity index (χ2n) is 8.37. The van der Waals surface area contributed by atoms with Gasteiger partial charge in [0.15, 0.2) is 5.13 Å². The van der Waals surface area contributed by atoms with Crippen LogP contribution in [0.5, 0.6) is 0 Å². The van der Waals surface area contributed by atoms with E-state index in [4.69, 9.17) is 0 Å². The standard InChI is InChI=1S/C24H29N3O3S2/c1-4-27(19-8-6-5-7-9-19)32(29,30)20-14-12-18(13-15-20)23(28)26-24-25-21-16(2)10-11-17(3)22(21)31-24/h10-15,19H,4-9H2,1-3H3,(H,25,26,28). The predicted molar refractivity (Wildman–Crippen MR) is 130 cm³/mol. The van der Waals surface area contributed by atoms with Gasteiger partial charge in [-0.3, -0.25) is 10.1 Å².